The van der Waals surface area contributed by atoms with E-state index >= 15 is 0 Å². The molecule has 1 aromatic carbocycles. The number of carbonyl (C=O) groups is 2. The Hall–Kier alpha value is -1.45. The second kappa shape index (κ2) is 6.78. The molecular weight excluding hydrogens is 353 g/mol. The molecule has 4 rings (SSSR count). The Morgan fingerprint density at radius 3 is 2.28 bits per heavy atom. The molecule has 29 heavy (non-hydrogen) atoms. The number of fused-ring (bicyclic) bond motifs is 3. The van der Waals surface area contributed by atoms with Crippen LogP contribution in [0.1, 0.15) is 30.0 Å². The van der Waals surface area contributed by atoms with Crippen LogP contribution in [0.25, 0.3) is 0 Å². The average Bonchev–Trinajstić information content (AvgIpc) is 2.65. The Bertz CT molecular complexity index is 839. The van der Waals surface area contributed by atoms with E-state index in [1.807, 2.05) is 23.1 Å². The van der Waals surface area contributed by atoms with Gasteiger partial charge in [-0.05, 0) is 17.5 Å². The summed E-state index contributed by atoms with van der Waals surface area (Å²) in [7, 11) is 36.5. The quantitative estimate of drug-likeness (QED) is 0.638. The van der Waals surface area contributed by atoms with Gasteiger partial charge in [0.05, 0.1) is 59.7 Å². The van der Waals surface area contributed by atoms with Crippen molar-refractivity contribution in [3.8, 4) is 0 Å². The standard InChI is InChI=1S/C19H18B6N2O2/c20-17(21)7-12(8-18(22,23)19(17,24)25)16(29)26-9-14-13-4-2-1-3-11(13)5-6-27(14)15(28)10-26/h1-4,12,14H,5-10H2/t14-/m0/s1. The first-order valence-electron chi connectivity index (χ1n) is 9.84. The van der Waals surface area contributed by atoms with E-state index in [-0.39, 0.29) is 37.2 Å². The lowest BCUT2D eigenvalue weighted by atomic mass is 9.14. The summed E-state index contributed by atoms with van der Waals surface area (Å²) in [6, 6.07) is 7.85. The van der Waals surface area contributed by atoms with E-state index in [2.05, 4.69) is 6.07 Å². The Morgan fingerprint density at radius 1 is 1.00 bits per heavy atom. The van der Waals surface area contributed by atoms with E-state index < -0.39 is 21.6 Å². The summed E-state index contributed by atoms with van der Waals surface area (Å²) in [4.78, 5) is 29.5. The smallest absolute Gasteiger partial charge is 0.242 e. The van der Waals surface area contributed by atoms with Crippen LogP contribution in [0.5, 0.6) is 0 Å². The minimum atomic E-state index is -1.74. The van der Waals surface area contributed by atoms with Gasteiger partial charge in [0.2, 0.25) is 11.8 Å². The fourth-order valence-electron chi connectivity index (χ4n) is 4.93. The highest BCUT2D eigenvalue weighted by atomic mass is 16.2. The summed E-state index contributed by atoms with van der Waals surface area (Å²) in [5.74, 6) is -0.999. The number of nitrogens with zero attached hydrogens (tertiary/aromatic N) is 2. The van der Waals surface area contributed by atoms with E-state index in [4.69, 9.17) is 47.1 Å². The van der Waals surface area contributed by atoms with Crippen molar-refractivity contribution in [3.63, 3.8) is 0 Å². The lowest BCUT2D eigenvalue weighted by Crippen LogP contribution is -2.58. The third-order valence-corrected chi connectivity index (χ3v) is 6.82. The minimum Gasteiger partial charge on any atom is -0.332 e. The summed E-state index contributed by atoms with van der Waals surface area (Å²) in [6.07, 6.45) is 0.880. The highest BCUT2D eigenvalue weighted by molar-refractivity contribution is 6.61. The first-order valence-corrected chi connectivity index (χ1v) is 9.84. The number of rotatable bonds is 1. The molecule has 10 heteroatoms. The van der Waals surface area contributed by atoms with Crippen LogP contribution in [0.15, 0.2) is 24.3 Å². The van der Waals surface area contributed by atoms with Crippen LogP contribution < -0.4 is 0 Å². The molecule has 1 atom stereocenters. The van der Waals surface area contributed by atoms with E-state index in [1.165, 1.54) is 5.56 Å². The van der Waals surface area contributed by atoms with E-state index in [9.17, 15) is 9.59 Å². The lowest BCUT2D eigenvalue weighted by Gasteiger charge is -2.62. The number of amides is 2. The van der Waals surface area contributed by atoms with Gasteiger partial charge in [0.25, 0.3) is 0 Å². The number of hydrogen-bond acceptors (Lipinski definition) is 2. The van der Waals surface area contributed by atoms with Crippen molar-refractivity contribution in [2.75, 3.05) is 19.6 Å². The number of benzene rings is 1. The summed E-state index contributed by atoms with van der Waals surface area (Å²) in [6.45, 7) is 1.06. The molecule has 1 saturated heterocycles. The largest absolute Gasteiger partial charge is 0.332 e. The van der Waals surface area contributed by atoms with Gasteiger partial charge in [-0.2, -0.15) is 0 Å². The normalized spacial score (nSPS) is 27.7. The van der Waals surface area contributed by atoms with E-state index in [1.54, 1.807) is 4.90 Å². The first-order chi connectivity index (χ1) is 13.4. The predicted octanol–water partition coefficient (Wildman–Crippen LogP) is -0.276. The van der Waals surface area contributed by atoms with Crippen molar-refractivity contribution in [1.82, 2.24) is 9.80 Å². The number of hydrogen-bond donors (Lipinski definition) is 0. The summed E-state index contributed by atoms with van der Waals surface area (Å²) in [5, 5.41) is -5.00. The van der Waals surface area contributed by atoms with Crippen molar-refractivity contribution in [1.29, 1.82) is 0 Å². The molecule has 0 spiro atoms. The van der Waals surface area contributed by atoms with Crippen LogP contribution in [0.3, 0.4) is 0 Å². The molecule has 1 aromatic rings. The van der Waals surface area contributed by atoms with Crippen LogP contribution in [0.2, 0.25) is 15.6 Å². The van der Waals surface area contributed by atoms with Gasteiger partial charge >= 0.3 is 0 Å². The summed E-state index contributed by atoms with van der Waals surface area (Å²) in [5.41, 5.74) is 2.28. The highest BCUT2D eigenvalue weighted by Crippen LogP contribution is 2.65. The maximum Gasteiger partial charge on any atom is 0.242 e. The topological polar surface area (TPSA) is 40.6 Å². The summed E-state index contributed by atoms with van der Waals surface area (Å²) >= 11 is 0. The first kappa shape index (κ1) is 20.8. The molecule has 2 aliphatic heterocycles. The lowest BCUT2D eigenvalue weighted by molar-refractivity contribution is -0.152. The molecule has 2 amide bonds. The van der Waals surface area contributed by atoms with Gasteiger partial charge in [-0.1, -0.05) is 37.1 Å². The SMILES string of the molecule is [B]C1([B])CC(C(=O)N2CC(=O)N3CCc4ccccc4[C@@H]3C2)CC([B])([B])C1([B])[B]. The molecule has 12 radical (unpaired) electrons. The van der Waals surface area contributed by atoms with Gasteiger partial charge in [0, 0.05) is 19.0 Å². The Labute approximate surface area is 180 Å². The highest BCUT2D eigenvalue weighted by Gasteiger charge is 2.52. The monoisotopic (exact) mass is 372 g/mol. The molecule has 4 nitrogen and oxygen atoms in total. The molecular formula is C19H18B6N2O2. The Morgan fingerprint density at radius 2 is 1.62 bits per heavy atom. The molecule has 3 aliphatic rings. The second-order valence-corrected chi connectivity index (χ2v) is 8.83. The molecule has 134 valence electrons. The molecule has 0 N–H and O–H groups in total. The molecule has 0 bridgehead atoms. The third-order valence-electron chi connectivity index (χ3n) is 6.82. The fourth-order valence-corrected chi connectivity index (χ4v) is 4.93. The second-order valence-electron chi connectivity index (χ2n) is 8.83. The zero-order valence-electron chi connectivity index (χ0n) is 16.4. The van der Waals surface area contributed by atoms with Crippen molar-refractivity contribution in [2.45, 2.75) is 40.9 Å². The van der Waals surface area contributed by atoms with E-state index in [0.717, 1.165) is 12.0 Å². The van der Waals surface area contributed by atoms with Crippen LogP contribution in [-0.4, -0.2) is 88.3 Å². The predicted molar refractivity (Wildman–Crippen MR) is 117 cm³/mol. The molecule has 2 heterocycles. The molecule has 0 unspecified atom stereocenters. The third kappa shape index (κ3) is 3.21. The van der Waals surface area contributed by atoms with Crippen LogP contribution in [0.4, 0.5) is 0 Å². The van der Waals surface area contributed by atoms with Gasteiger partial charge in [-0.25, -0.2) is 0 Å². The molecule has 1 aliphatic carbocycles. The molecule has 2 fully saturated rings. The van der Waals surface area contributed by atoms with Crippen LogP contribution in [0, 0.1) is 5.92 Å². The maximum atomic E-state index is 13.3. The zero-order chi connectivity index (χ0) is 21.2. The van der Waals surface area contributed by atoms with Crippen molar-refractivity contribution in [3.05, 3.63) is 35.4 Å². The number of carbonyl (C=O) groups excluding carboxylic acids is 2. The minimum absolute atomic E-state index is 0.00861. The van der Waals surface area contributed by atoms with Gasteiger partial charge < -0.3 is 9.80 Å². The van der Waals surface area contributed by atoms with Gasteiger partial charge in [0.1, 0.15) is 0 Å². The average molecular weight is 371 g/mol. The maximum absolute atomic E-state index is 13.3. The summed E-state index contributed by atoms with van der Waals surface area (Å²) < 4.78 is 0. The van der Waals surface area contributed by atoms with E-state index in [0.29, 0.717) is 13.1 Å². The van der Waals surface area contributed by atoms with Crippen molar-refractivity contribution < 1.29 is 9.59 Å². The molecule has 1 saturated carbocycles. The van der Waals surface area contributed by atoms with Gasteiger partial charge in [0.15, 0.2) is 0 Å². The Balaban J connectivity index is 1.58. The van der Waals surface area contributed by atoms with Gasteiger partial charge in [-0.15, -0.1) is 15.6 Å². The zero-order valence-corrected chi connectivity index (χ0v) is 16.4. The Kier molecular flexibility index (Phi) is 4.87. The van der Waals surface area contributed by atoms with Crippen LogP contribution >= 0.6 is 0 Å². The van der Waals surface area contributed by atoms with Crippen molar-refractivity contribution >= 4 is 58.9 Å². The fraction of sp³-hybridized carbons (Fsp3) is 0.579. The van der Waals surface area contributed by atoms with Crippen LogP contribution in [-0.2, 0) is 16.0 Å². The van der Waals surface area contributed by atoms with Gasteiger partial charge in [-0.3, -0.25) is 9.59 Å². The van der Waals surface area contributed by atoms with Crippen molar-refractivity contribution in [2.24, 2.45) is 5.92 Å². The number of piperazine rings is 1. The molecule has 0 aromatic heterocycles.